The minimum atomic E-state index is -0.796. The summed E-state index contributed by atoms with van der Waals surface area (Å²) < 4.78 is 0. The molecule has 0 saturated carbocycles. The third-order valence-corrected chi connectivity index (χ3v) is 5.87. The number of carboxylic acids is 1. The van der Waals surface area contributed by atoms with Gasteiger partial charge in [-0.25, -0.2) is 0 Å². The molecule has 4 rings (SSSR count). The van der Waals surface area contributed by atoms with Crippen molar-refractivity contribution in [1.29, 1.82) is 0 Å². The number of pyridine rings is 1. The number of aliphatic carboxylic acids is 1. The molecule has 35 heavy (non-hydrogen) atoms. The van der Waals surface area contributed by atoms with Crippen molar-refractivity contribution < 1.29 is 19.5 Å². The monoisotopic (exact) mass is 466 g/mol. The SMILES string of the molecule is O=Cc1ccc(CNC(=O)c2ccc3cc(-c4ccccc4)c(CCCCC(=O)O)nc3c2)cc1. The van der Waals surface area contributed by atoms with Gasteiger partial charge in [0.05, 0.1) is 5.52 Å². The van der Waals surface area contributed by atoms with Crippen LogP contribution < -0.4 is 5.32 Å². The number of fused-ring (bicyclic) bond motifs is 1. The van der Waals surface area contributed by atoms with Crippen LogP contribution in [0.1, 0.15) is 51.2 Å². The van der Waals surface area contributed by atoms with Gasteiger partial charge in [0.2, 0.25) is 0 Å². The van der Waals surface area contributed by atoms with Gasteiger partial charge in [0, 0.05) is 40.7 Å². The number of carbonyl (C=O) groups excluding carboxylic acids is 2. The topological polar surface area (TPSA) is 96.4 Å². The van der Waals surface area contributed by atoms with Crippen LogP contribution in [0.4, 0.5) is 0 Å². The first kappa shape index (κ1) is 23.8. The number of hydrogen-bond donors (Lipinski definition) is 2. The van der Waals surface area contributed by atoms with E-state index in [-0.39, 0.29) is 12.3 Å². The summed E-state index contributed by atoms with van der Waals surface area (Å²) in [5, 5.41) is 12.8. The molecule has 0 saturated heterocycles. The standard InChI is InChI=1S/C29H26N2O4/c32-19-21-12-10-20(11-13-21)18-30-29(35)24-15-14-23-16-25(22-6-2-1-3-7-22)26(31-27(23)17-24)8-4-5-9-28(33)34/h1-3,6-7,10-17,19H,4-5,8-9,18H2,(H,30,35)(H,33,34). The van der Waals surface area contributed by atoms with Crippen LogP contribution in [0.5, 0.6) is 0 Å². The van der Waals surface area contributed by atoms with Gasteiger partial charge in [0.25, 0.3) is 5.91 Å². The van der Waals surface area contributed by atoms with Gasteiger partial charge in [-0.3, -0.25) is 19.4 Å². The van der Waals surface area contributed by atoms with E-state index in [2.05, 4.69) is 11.4 Å². The molecule has 0 bridgehead atoms. The second-order valence-electron chi connectivity index (χ2n) is 8.40. The lowest BCUT2D eigenvalue weighted by Crippen LogP contribution is -2.22. The number of nitrogens with zero attached hydrogens (tertiary/aromatic N) is 1. The van der Waals surface area contributed by atoms with E-state index in [1.165, 1.54) is 0 Å². The molecule has 0 aliphatic heterocycles. The Labute approximate surface area is 203 Å². The molecular formula is C29H26N2O4. The van der Waals surface area contributed by atoms with Crippen LogP contribution >= 0.6 is 0 Å². The lowest BCUT2D eigenvalue weighted by molar-refractivity contribution is -0.137. The highest BCUT2D eigenvalue weighted by Gasteiger charge is 2.12. The number of hydrogen-bond acceptors (Lipinski definition) is 4. The van der Waals surface area contributed by atoms with Crippen molar-refractivity contribution in [3.05, 3.63) is 101 Å². The van der Waals surface area contributed by atoms with E-state index in [1.807, 2.05) is 48.5 Å². The zero-order valence-corrected chi connectivity index (χ0v) is 19.2. The van der Waals surface area contributed by atoms with Crippen molar-refractivity contribution in [2.75, 3.05) is 0 Å². The second-order valence-corrected chi connectivity index (χ2v) is 8.40. The Morgan fingerprint density at radius 1 is 0.914 bits per heavy atom. The second kappa shape index (κ2) is 11.2. The van der Waals surface area contributed by atoms with Crippen molar-refractivity contribution in [3.63, 3.8) is 0 Å². The average Bonchev–Trinajstić information content (AvgIpc) is 2.89. The van der Waals surface area contributed by atoms with E-state index in [1.54, 1.807) is 24.3 Å². The Balaban J connectivity index is 1.57. The van der Waals surface area contributed by atoms with Gasteiger partial charge < -0.3 is 10.4 Å². The molecule has 176 valence electrons. The fourth-order valence-electron chi connectivity index (χ4n) is 3.97. The molecule has 6 nitrogen and oxygen atoms in total. The summed E-state index contributed by atoms with van der Waals surface area (Å²) in [6.07, 6.45) is 2.87. The zero-order chi connectivity index (χ0) is 24.6. The van der Waals surface area contributed by atoms with Crippen molar-refractivity contribution in [1.82, 2.24) is 10.3 Å². The van der Waals surface area contributed by atoms with Crippen molar-refractivity contribution in [2.24, 2.45) is 0 Å². The summed E-state index contributed by atoms with van der Waals surface area (Å²) in [6.45, 7) is 0.352. The smallest absolute Gasteiger partial charge is 0.303 e. The number of carboxylic acid groups (broad SMARTS) is 1. The number of aldehydes is 1. The maximum Gasteiger partial charge on any atom is 0.303 e. The Morgan fingerprint density at radius 2 is 1.69 bits per heavy atom. The molecule has 0 fully saturated rings. The molecule has 4 aromatic rings. The number of carbonyl (C=O) groups is 3. The largest absolute Gasteiger partial charge is 0.481 e. The summed E-state index contributed by atoms with van der Waals surface area (Å²) >= 11 is 0. The summed E-state index contributed by atoms with van der Waals surface area (Å²) in [5.41, 5.74) is 5.69. The molecule has 1 heterocycles. The summed E-state index contributed by atoms with van der Waals surface area (Å²) in [6, 6.07) is 24.6. The first-order valence-electron chi connectivity index (χ1n) is 11.6. The van der Waals surface area contributed by atoms with Gasteiger partial charge in [-0.2, -0.15) is 0 Å². The lowest BCUT2D eigenvalue weighted by Gasteiger charge is -2.12. The Hall–Kier alpha value is -4.32. The highest BCUT2D eigenvalue weighted by molar-refractivity contribution is 5.98. The van der Waals surface area contributed by atoms with Crippen LogP contribution in [0.25, 0.3) is 22.0 Å². The van der Waals surface area contributed by atoms with Crippen molar-refractivity contribution in [2.45, 2.75) is 32.2 Å². The molecule has 0 radical (unpaired) electrons. The van der Waals surface area contributed by atoms with E-state index >= 15 is 0 Å². The van der Waals surface area contributed by atoms with E-state index in [4.69, 9.17) is 10.1 Å². The number of unbranched alkanes of at least 4 members (excludes halogenated alkanes) is 1. The number of rotatable bonds is 10. The van der Waals surface area contributed by atoms with Crippen molar-refractivity contribution >= 4 is 29.1 Å². The number of nitrogens with one attached hydrogen (secondary N) is 1. The van der Waals surface area contributed by atoms with E-state index in [0.717, 1.165) is 39.6 Å². The zero-order valence-electron chi connectivity index (χ0n) is 19.2. The Morgan fingerprint density at radius 3 is 2.40 bits per heavy atom. The van der Waals surface area contributed by atoms with Crippen LogP contribution in [0.2, 0.25) is 0 Å². The molecule has 0 aliphatic rings. The van der Waals surface area contributed by atoms with Gasteiger partial charge in [-0.1, -0.05) is 60.7 Å². The molecule has 3 aromatic carbocycles. The van der Waals surface area contributed by atoms with Gasteiger partial charge in [-0.15, -0.1) is 0 Å². The average molecular weight is 467 g/mol. The highest BCUT2D eigenvalue weighted by Crippen LogP contribution is 2.28. The van der Waals surface area contributed by atoms with E-state index < -0.39 is 5.97 Å². The molecule has 0 unspecified atom stereocenters. The highest BCUT2D eigenvalue weighted by atomic mass is 16.4. The van der Waals surface area contributed by atoms with E-state index in [0.29, 0.717) is 36.9 Å². The third-order valence-electron chi connectivity index (χ3n) is 5.87. The summed E-state index contributed by atoms with van der Waals surface area (Å²) in [7, 11) is 0. The first-order valence-corrected chi connectivity index (χ1v) is 11.6. The van der Waals surface area contributed by atoms with Crippen LogP contribution in [-0.4, -0.2) is 28.3 Å². The molecule has 0 atom stereocenters. The van der Waals surface area contributed by atoms with Crippen LogP contribution in [0.3, 0.4) is 0 Å². The minimum Gasteiger partial charge on any atom is -0.481 e. The van der Waals surface area contributed by atoms with Gasteiger partial charge in [-0.05, 0) is 48.6 Å². The summed E-state index contributed by atoms with van der Waals surface area (Å²) in [4.78, 5) is 39.4. The predicted molar refractivity (Wildman–Crippen MR) is 135 cm³/mol. The number of aryl methyl sites for hydroxylation is 1. The van der Waals surface area contributed by atoms with Gasteiger partial charge in [0.15, 0.2) is 0 Å². The molecule has 1 amide bonds. The molecule has 0 spiro atoms. The van der Waals surface area contributed by atoms with E-state index in [9.17, 15) is 14.4 Å². The van der Waals surface area contributed by atoms with Crippen LogP contribution in [-0.2, 0) is 17.8 Å². The minimum absolute atomic E-state index is 0.135. The van der Waals surface area contributed by atoms with Gasteiger partial charge in [0.1, 0.15) is 6.29 Å². The Bertz CT molecular complexity index is 1350. The van der Waals surface area contributed by atoms with Crippen LogP contribution in [0, 0.1) is 0 Å². The number of aromatic nitrogens is 1. The maximum atomic E-state index is 12.8. The number of benzene rings is 3. The normalized spacial score (nSPS) is 10.7. The van der Waals surface area contributed by atoms with Crippen LogP contribution in [0.15, 0.2) is 78.9 Å². The number of amides is 1. The molecule has 0 aliphatic carbocycles. The molecule has 1 aromatic heterocycles. The molecular weight excluding hydrogens is 440 g/mol. The quantitative estimate of drug-likeness (QED) is 0.240. The third kappa shape index (κ3) is 6.18. The molecule has 6 heteroatoms. The molecule has 2 N–H and O–H groups in total. The predicted octanol–water partition coefficient (Wildman–Crippen LogP) is 5.44. The fraction of sp³-hybridized carbons (Fsp3) is 0.172. The van der Waals surface area contributed by atoms with Crippen molar-refractivity contribution in [3.8, 4) is 11.1 Å². The maximum absolute atomic E-state index is 12.8. The van der Waals surface area contributed by atoms with Gasteiger partial charge >= 0.3 is 5.97 Å². The first-order chi connectivity index (χ1) is 17.0. The summed E-state index contributed by atoms with van der Waals surface area (Å²) in [5.74, 6) is -1.00. The lowest BCUT2D eigenvalue weighted by atomic mass is 9.98. The Kier molecular flexibility index (Phi) is 7.63. The fourth-order valence-corrected chi connectivity index (χ4v) is 3.97.